The van der Waals surface area contributed by atoms with Crippen LogP contribution in [0.15, 0.2) is 188 Å². The number of hydrogen-bond acceptors (Lipinski definition) is 12. The summed E-state index contributed by atoms with van der Waals surface area (Å²) in [5.74, 6) is -2.34. The lowest BCUT2D eigenvalue weighted by Gasteiger charge is -2.13. The smallest absolute Gasteiger partial charge is 0.295 e. The number of benzene rings is 8. The van der Waals surface area contributed by atoms with Crippen LogP contribution in [0.25, 0.3) is 32.7 Å². The second-order valence-corrected chi connectivity index (χ2v) is 16.8. The molecule has 0 unspecified atom stereocenters. The van der Waals surface area contributed by atoms with Crippen molar-refractivity contribution in [3.63, 3.8) is 0 Å². The zero-order chi connectivity index (χ0) is 45.2. The Morgan fingerprint density at radius 3 is 1.17 bits per heavy atom. The maximum Gasteiger partial charge on any atom is 0.295 e. The maximum absolute atomic E-state index is 13.3. The second-order valence-electron chi connectivity index (χ2n) is 14.0. The van der Waals surface area contributed by atoms with Crippen molar-refractivity contribution in [2.24, 2.45) is 20.5 Å². The third-order valence-corrected chi connectivity index (χ3v) is 11.6. The molecule has 318 valence electrons. The topological polar surface area (TPSA) is 257 Å². The monoisotopic (exact) mass is 892 g/mol. The number of hydrogen-bond donors (Lipinski definition) is 6. The van der Waals surface area contributed by atoms with Crippen molar-refractivity contribution >= 4 is 87.7 Å². The van der Waals surface area contributed by atoms with E-state index in [-0.39, 0.29) is 45.0 Å². The lowest BCUT2D eigenvalue weighted by atomic mass is 10.0. The van der Waals surface area contributed by atoms with Gasteiger partial charge in [-0.15, -0.1) is 10.2 Å². The lowest BCUT2D eigenvalue weighted by Crippen LogP contribution is -2.12. The Balaban J connectivity index is 1.15. The first-order valence-corrected chi connectivity index (χ1v) is 21.8. The molecule has 8 aromatic carbocycles. The van der Waals surface area contributed by atoms with E-state index in [9.17, 15) is 45.7 Å². The molecule has 0 aliphatic carbocycles. The first kappa shape index (κ1) is 42.5. The van der Waals surface area contributed by atoms with E-state index in [0.29, 0.717) is 32.9 Å². The average molecular weight is 893 g/mol. The van der Waals surface area contributed by atoms with E-state index < -0.39 is 53.3 Å². The molecule has 0 aliphatic heterocycles. The summed E-state index contributed by atoms with van der Waals surface area (Å²) in [7, 11) is -10.3. The van der Waals surface area contributed by atoms with Gasteiger partial charge in [0, 0.05) is 33.3 Å². The van der Waals surface area contributed by atoms with Crippen LogP contribution < -0.4 is 10.6 Å². The van der Waals surface area contributed by atoms with Crippen LogP contribution in [0.4, 0.5) is 34.1 Å². The average Bonchev–Trinajstić information content (AvgIpc) is 3.28. The SMILES string of the molecule is O=C(Nc1ccccc1)c1cc2ccccc2c(N=Nc2ccc(-c3ccc(N=Nc4c(O)c(C(=O)Nc5ccccc5)cc5ccccc45)cc3S(=O)(=O)O)c(S(=O)(=O)O)c2)c1O. The van der Waals surface area contributed by atoms with Gasteiger partial charge in [0.1, 0.15) is 21.2 Å². The molecule has 6 N–H and O–H groups in total. The molecule has 0 aromatic heterocycles. The number of carbonyl (C=O) groups is 2. The molecule has 0 radical (unpaired) electrons. The Labute approximate surface area is 364 Å². The van der Waals surface area contributed by atoms with Crippen molar-refractivity contribution in [1.29, 1.82) is 0 Å². The summed E-state index contributed by atoms with van der Waals surface area (Å²) in [4.78, 5) is 24.9. The van der Waals surface area contributed by atoms with Gasteiger partial charge in [-0.2, -0.15) is 27.1 Å². The Morgan fingerprint density at radius 2 is 0.797 bits per heavy atom. The van der Waals surface area contributed by atoms with Gasteiger partial charge in [-0.05, 0) is 71.4 Å². The van der Waals surface area contributed by atoms with Crippen LogP contribution in [0.2, 0.25) is 0 Å². The third-order valence-electron chi connectivity index (χ3n) is 9.85. The fourth-order valence-electron chi connectivity index (χ4n) is 6.86. The molecule has 2 amide bonds. The largest absolute Gasteiger partial charge is 0.505 e. The lowest BCUT2D eigenvalue weighted by molar-refractivity contribution is 0.101. The predicted octanol–water partition coefficient (Wildman–Crippen LogP) is 10.9. The number of nitrogens with one attached hydrogen (secondary N) is 2. The highest BCUT2D eigenvalue weighted by Crippen LogP contribution is 2.43. The van der Waals surface area contributed by atoms with E-state index in [2.05, 4.69) is 31.1 Å². The highest BCUT2D eigenvalue weighted by atomic mass is 32.2. The molecule has 64 heavy (non-hydrogen) atoms. The zero-order valence-corrected chi connectivity index (χ0v) is 34.5. The maximum atomic E-state index is 13.3. The first-order valence-electron chi connectivity index (χ1n) is 18.9. The molecule has 18 heteroatoms. The number of phenolic OH excluding ortho intramolecular Hbond substituents is 2. The van der Waals surface area contributed by atoms with E-state index in [1.165, 1.54) is 24.3 Å². The number of fused-ring (bicyclic) bond motifs is 2. The third kappa shape index (κ3) is 8.92. The van der Waals surface area contributed by atoms with Crippen molar-refractivity contribution in [3.8, 4) is 22.6 Å². The second kappa shape index (κ2) is 17.3. The van der Waals surface area contributed by atoms with Gasteiger partial charge in [0.25, 0.3) is 32.1 Å². The van der Waals surface area contributed by atoms with E-state index in [4.69, 9.17) is 0 Å². The number of rotatable bonds is 11. The van der Waals surface area contributed by atoms with E-state index in [1.54, 1.807) is 109 Å². The fraction of sp³-hybridized carbons (Fsp3) is 0. The number of aromatic hydroxyl groups is 2. The Morgan fingerprint density at radius 1 is 0.438 bits per heavy atom. The molecule has 0 aliphatic rings. The van der Waals surface area contributed by atoms with Gasteiger partial charge in [0.05, 0.1) is 22.5 Å². The van der Waals surface area contributed by atoms with Crippen molar-refractivity contribution in [2.45, 2.75) is 9.79 Å². The summed E-state index contributed by atoms with van der Waals surface area (Å²) in [6, 6.07) is 40.0. The van der Waals surface area contributed by atoms with Gasteiger partial charge in [0.15, 0.2) is 11.5 Å². The molecule has 8 rings (SSSR count). The quantitative estimate of drug-likeness (QED) is 0.0528. The number of para-hydroxylation sites is 2. The van der Waals surface area contributed by atoms with Gasteiger partial charge in [-0.25, -0.2) is 0 Å². The van der Waals surface area contributed by atoms with Crippen LogP contribution in [0.1, 0.15) is 20.7 Å². The van der Waals surface area contributed by atoms with E-state index in [0.717, 1.165) is 24.3 Å². The summed E-state index contributed by atoms with van der Waals surface area (Å²) < 4.78 is 72.2. The van der Waals surface area contributed by atoms with Crippen LogP contribution >= 0.6 is 0 Å². The molecule has 0 atom stereocenters. The summed E-state index contributed by atoms with van der Waals surface area (Å²) in [6.07, 6.45) is 0. The van der Waals surface area contributed by atoms with Crippen molar-refractivity contribution in [3.05, 3.63) is 169 Å². The minimum atomic E-state index is -5.14. The number of azo groups is 2. The number of amides is 2. The number of phenols is 2. The minimum absolute atomic E-state index is 0.129. The number of carbonyl (C=O) groups excluding carboxylic acids is 2. The zero-order valence-electron chi connectivity index (χ0n) is 32.9. The van der Waals surface area contributed by atoms with Gasteiger partial charge < -0.3 is 20.8 Å². The van der Waals surface area contributed by atoms with E-state index >= 15 is 0 Å². The van der Waals surface area contributed by atoms with Gasteiger partial charge in [-0.3, -0.25) is 18.7 Å². The van der Waals surface area contributed by atoms with Gasteiger partial charge in [0.2, 0.25) is 0 Å². The van der Waals surface area contributed by atoms with Crippen LogP contribution in [0.5, 0.6) is 11.5 Å². The Hall–Kier alpha value is -8.16. The first-order chi connectivity index (χ1) is 30.7. The molecule has 0 fully saturated rings. The molecule has 0 spiro atoms. The fourth-order valence-corrected chi connectivity index (χ4v) is 8.31. The molecule has 8 aromatic rings. The summed E-state index contributed by atoms with van der Waals surface area (Å²) in [6.45, 7) is 0. The summed E-state index contributed by atoms with van der Waals surface area (Å²) in [5, 5.41) is 46.4. The van der Waals surface area contributed by atoms with Crippen LogP contribution in [0, 0.1) is 0 Å². The molecule has 16 nitrogen and oxygen atoms in total. The molecule has 0 bridgehead atoms. The highest BCUT2D eigenvalue weighted by Gasteiger charge is 2.25. The molecule has 0 saturated carbocycles. The highest BCUT2D eigenvalue weighted by molar-refractivity contribution is 7.86. The summed E-state index contributed by atoms with van der Waals surface area (Å²) >= 11 is 0. The number of nitrogens with zero attached hydrogens (tertiary/aromatic N) is 4. The standard InChI is InChI=1S/C46H32N6O10S2/c53-43-37(45(55)47-29-13-3-1-4-14-29)23-27-11-7-9-17-33(27)41(43)51-49-31-19-21-35(39(25-31)63(57,58)59)36-22-20-32(26-40(36)64(60,61)62)50-52-42-34-18-10-8-12-28(34)24-38(44(42)54)46(56)48-30-15-5-2-6-16-30/h1-26,53-54H,(H,47,55)(H,48,56)(H,57,58,59)(H,60,61,62). The minimum Gasteiger partial charge on any atom is -0.505 e. The Bertz CT molecular complexity index is 3230. The molecule has 0 saturated heterocycles. The number of anilines is 2. The van der Waals surface area contributed by atoms with Crippen molar-refractivity contribution in [1.82, 2.24) is 0 Å². The van der Waals surface area contributed by atoms with Crippen molar-refractivity contribution < 1.29 is 45.7 Å². The van der Waals surface area contributed by atoms with E-state index in [1.807, 2.05) is 0 Å². The van der Waals surface area contributed by atoms with Crippen LogP contribution in [-0.4, -0.2) is 48.0 Å². The van der Waals surface area contributed by atoms with Gasteiger partial charge in [-0.1, -0.05) is 97.1 Å². The molecule has 0 heterocycles. The predicted molar refractivity (Wildman–Crippen MR) is 240 cm³/mol. The van der Waals surface area contributed by atoms with Crippen LogP contribution in [-0.2, 0) is 20.2 Å². The van der Waals surface area contributed by atoms with Crippen LogP contribution in [0.3, 0.4) is 0 Å². The van der Waals surface area contributed by atoms with Gasteiger partial charge >= 0.3 is 0 Å². The molecular weight excluding hydrogens is 861 g/mol. The molecular formula is C46H32N6O10S2. The normalized spacial score (nSPS) is 12.0. The van der Waals surface area contributed by atoms with Crippen molar-refractivity contribution in [2.75, 3.05) is 10.6 Å². The Kier molecular flexibility index (Phi) is 11.5. The summed E-state index contributed by atoms with van der Waals surface area (Å²) in [5.41, 5.74) is -0.664.